The molecule has 4 heterocycles. The number of fused-ring (bicyclic) bond motifs is 6. The lowest BCUT2D eigenvalue weighted by atomic mass is 9.92. The summed E-state index contributed by atoms with van der Waals surface area (Å²) in [5.41, 5.74) is 5.82. The molecule has 1 aromatic carbocycles. The molecule has 2 atom stereocenters. The van der Waals surface area contributed by atoms with E-state index in [9.17, 15) is 9.59 Å². The van der Waals surface area contributed by atoms with E-state index >= 15 is 0 Å². The summed E-state index contributed by atoms with van der Waals surface area (Å²) in [7, 11) is 0. The van der Waals surface area contributed by atoms with Gasteiger partial charge in [-0.2, -0.15) is 0 Å². The molecule has 6 heteroatoms. The maximum absolute atomic E-state index is 12.8. The Morgan fingerprint density at radius 3 is 2.71 bits per heavy atom. The summed E-state index contributed by atoms with van der Waals surface area (Å²) in [6, 6.07) is 8.80. The van der Waals surface area contributed by atoms with Crippen LogP contribution in [0.5, 0.6) is 0 Å². The Morgan fingerprint density at radius 2 is 1.77 bits per heavy atom. The largest absolute Gasteiger partial charge is 0.371 e. The topological polar surface area (TPSA) is 57.6 Å². The Labute approximate surface area is 184 Å². The average Bonchev–Trinajstić information content (AvgIpc) is 3.22. The van der Waals surface area contributed by atoms with Crippen LogP contribution in [0.25, 0.3) is 10.9 Å². The van der Waals surface area contributed by atoms with Gasteiger partial charge in [0.1, 0.15) is 0 Å². The molecule has 0 radical (unpaired) electrons. The molecule has 1 aromatic heterocycles. The van der Waals surface area contributed by atoms with Gasteiger partial charge in [0.25, 0.3) is 0 Å². The van der Waals surface area contributed by atoms with Gasteiger partial charge >= 0.3 is 0 Å². The van der Waals surface area contributed by atoms with Crippen molar-refractivity contribution in [3.63, 3.8) is 0 Å². The minimum Gasteiger partial charge on any atom is -0.371 e. The number of carbonyl (C=O) groups excluding carboxylic acids is 2. The van der Waals surface area contributed by atoms with Crippen LogP contribution in [-0.2, 0) is 16.1 Å². The molecule has 0 spiro atoms. The Bertz CT molecular complexity index is 952. The van der Waals surface area contributed by atoms with E-state index < -0.39 is 0 Å². The van der Waals surface area contributed by atoms with Crippen LogP contribution < -0.4 is 10.3 Å². The third kappa shape index (κ3) is 4.49. The van der Waals surface area contributed by atoms with Gasteiger partial charge in [-0.25, -0.2) is 5.43 Å². The number of ketones is 1. The van der Waals surface area contributed by atoms with Gasteiger partial charge in [0.2, 0.25) is 5.91 Å². The molecular formula is C25H34N4O2. The summed E-state index contributed by atoms with van der Waals surface area (Å²) in [5, 5.41) is 3.01. The second kappa shape index (κ2) is 9.03. The highest BCUT2D eigenvalue weighted by molar-refractivity contribution is 5.85. The zero-order valence-corrected chi connectivity index (χ0v) is 18.4. The molecule has 1 amide bonds. The maximum Gasteiger partial charge on any atom is 0.236 e. The van der Waals surface area contributed by atoms with Crippen molar-refractivity contribution in [3.05, 3.63) is 30.5 Å². The van der Waals surface area contributed by atoms with Crippen molar-refractivity contribution >= 4 is 28.3 Å². The Balaban J connectivity index is 1.39. The molecule has 2 fully saturated rings. The summed E-state index contributed by atoms with van der Waals surface area (Å²) < 4.78 is 2.34. The SMILES string of the molecule is O=C1CCCCn2ccc3ccc(cc32)N2CCCC(CCC(=O)N3CCCC1N3)C2. The fraction of sp³-hybridized carbons (Fsp3) is 0.600. The van der Waals surface area contributed by atoms with Crippen molar-refractivity contribution < 1.29 is 9.59 Å². The summed E-state index contributed by atoms with van der Waals surface area (Å²) in [6.07, 6.45) is 10.2. The third-order valence-corrected chi connectivity index (χ3v) is 7.36. The number of anilines is 1. The molecule has 31 heavy (non-hydrogen) atoms. The van der Waals surface area contributed by atoms with Gasteiger partial charge in [-0.05, 0) is 74.4 Å². The predicted octanol–water partition coefficient (Wildman–Crippen LogP) is 3.89. The van der Waals surface area contributed by atoms with Gasteiger partial charge in [0.15, 0.2) is 5.78 Å². The third-order valence-electron chi connectivity index (χ3n) is 7.36. The minimum absolute atomic E-state index is 0.148. The van der Waals surface area contributed by atoms with Crippen molar-refractivity contribution in [3.8, 4) is 0 Å². The molecule has 1 N–H and O–H groups in total. The standard InChI is InChI=1S/C25H34N4O2/c30-24-7-1-2-13-27-16-12-20-9-10-21(17-23(20)27)28-14-3-5-19(18-28)8-11-25(31)29-15-4-6-22(24)26-29/h9-10,12,16-17,19,22,26H,1-8,11,13-15,18H2. The van der Waals surface area contributed by atoms with Gasteiger partial charge in [0.05, 0.1) is 11.6 Å². The first-order valence-corrected chi connectivity index (χ1v) is 12.1. The van der Waals surface area contributed by atoms with Gasteiger partial charge in [-0.3, -0.25) is 14.6 Å². The number of nitrogens with one attached hydrogen (secondary N) is 1. The number of hydrogen-bond donors (Lipinski definition) is 1. The lowest BCUT2D eigenvalue weighted by Gasteiger charge is -2.36. The summed E-state index contributed by atoms with van der Waals surface area (Å²) in [5.74, 6) is 0.942. The van der Waals surface area contributed by atoms with Crippen molar-refractivity contribution in [2.24, 2.45) is 5.92 Å². The molecule has 3 aliphatic rings. The highest BCUT2D eigenvalue weighted by atomic mass is 16.2. The molecule has 6 bridgehead atoms. The predicted molar refractivity (Wildman–Crippen MR) is 123 cm³/mol. The van der Waals surface area contributed by atoms with Crippen molar-refractivity contribution in [1.29, 1.82) is 0 Å². The van der Waals surface area contributed by atoms with Crippen LogP contribution in [0.2, 0.25) is 0 Å². The van der Waals surface area contributed by atoms with E-state index in [-0.39, 0.29) is 17.7 Å². The number of aryl methyl sites for hydroxylation is 1. The van der Waals surface area contributed by atoms with Crippen LogP contribution in [-0.4, -0.2) is 46.9 Å². The maximum atomic E-state index is 12.8. The lowest BCUT2D eigenvalue weighted by Crippen LogP contribution is -2.55. The fourth-order valence-corrected chi connectivity index (χ4v) is 5.52. The highest BCUT2D eigenvalue weighted by Crippen LogP contribution is 2.29. The van der Waals surface area contributed by atoms with E-state index in [2.05, 4.69) is 45.4 Å². The molecule has 0 aliphatic carbocycles. The van der Waals surface area contributed by atoms with Crippen molar-refractivity contribution in [2.75, 3.05) is 24.5 Å². The number of piperidine rings is 1. The molecule has 166 valence electrons. The smallest absolute Gasteiger partial charge is 0.236 e. The first-order chi connectivity index (χ1) is 15.2. The number of hydrazine groups is 1. The fourth-order valence-electron chi connectivity index (χ4n) is 5.52. The highest BCUT2D eigenvalue weighted by Gasteiger charge is 2.28. The van der Waals surface area contributed by atoms with Gasteiger partial charge in [-0.1, -0.05) is 6.07 Å². The van der Waals surface area contributed by atoms with Gasteiger partial charge in [-0.15, -0.1) is 0 Å². The van der Waals surface area contributed by atoms with Gasteiger partial charge in [0, 0.05) is 50.9 Å². The zero-order valence-electron chi connectivity index (χ0n) is 18.4. The molecule has 0 saturated carbocycles. The molecule has 2 unspecified atom stereocenters. The van der Waals surface area contributed by atoms with Crippen LogP contribution in [0.3, 0.4) is 0 Å². The van der Waals surface area contributed by atoms with Crippen LogP contribution >= 0.6 is 0 Å². The summed E-state index contributed by atoms with van der Waals surface area (Å²) in [4.78, 5) is 28.1. The average molecular weight is 423 g/mol. The van der Waals surface area contributed by atoms with E-state index in [0.29, 0.717) is 18.8 Å². The first-order valence-electron chi connectivity index (χ1n) is 12.1. The number of rotatable bonds is 0. The molecule has 6 nitrogen and oxygen atoms in total. The Kier molecular flexibility index (Phi) is 5.99. The number of aromatic nitrogens is 1. The lowest BCUT2D eigenvalue weighted by molar-refractivity contribution is -0.139. The molecule has 2 saturated heterocycles. The second-order valence-electron chi connectivity index (χ2n) is 9.54. The van der Waals surface area contributed by atoms with Gasteiger partial charge < -0.3 is 9.47 Å². The number of nitrogens with zero attached hydrogens (tertiary/aromatic N) is 3. The molecule has 5 rings (SSSR count). The molecule has 2 aromatic rings. The number of Topliss-reactive ketones (excluding diaryl/α,β-unsaturated/α-hetero) is 1. The van der Waals surface area contributed by atoms with E-state index in [1.807, 2.05) is 0 Å². The Hall–Kier alpha value is -2.34. The van der Waals surface area contributed by atoms with Crippen molar-refractivity contribution in [2.45, 2.75) is 70.4 Å². The van der Waals surface area contributed by atoms with Crippen LogP contribution in [0, 0.1) is 5.92 Å². The monoisotopic (exact) mass is 422 g/mol. The minimum atomic E-state index is -0.197. The second-order valence-corrected chi connectivity index (χ2v) is 9.54. The number of carbonyl (C=O) groups is 2. The van der Waals surface area contributed by atoms with Crippen molar-refractivity contribution in [1.82, 2.24) is 15.0 Å². The van der Waals surface area contributed by atoms with E-state index in [0.717, 1.165) is 58.3 Å². The number of amides is 1. The zero-order chi connectivity index (χ0) is 21.2. The summed E-state index contributed by atoms with van der Waals surface area (Å²) >= 11 is 0. The first kappa shape index (κ1) is 20.6. The molecule has 3 aliphatic heterocycles. The summed E-state index contributed by atoms with van der Waals surface area (Å²) in [6.45, 7) is 3.77. The normalized spacial score (nSPS) is 26.2. The number of benzene rings is 1. The van der Waals surface area contributed by atoms with E-state index in [1.54, 1.807) is 5.01 Å². The van der Waals surface area contributed by atoms with Crippen LogP contribution in [0.1, 0.15) is 57.8 Å². The van der Waals surface area contributed by atoms with Crippen LogP contribution in [0.4, 0.5) is 5.69 Å². The Morgan fingerprint density at radius 1 is 0.871 bits per heavy atom. The number of hydrogen-bond acceptors (Lipinski definition) is 4. The van der Waals surface area contributed by atoms with Crippen LogP contribution in [0.15, 0.2) is 30.5 Å². The molecular weight excluding hydrogens is 388 g/mol. The van der Waals surface area contributed by atoms with E-state index in [4.69, 9.17) is 0 Å². The van der Waals surface area contributed by atoms with E-state index in [1.165, 1.54) is 29.4 Å². The quantitative estimate of drug-likeness (QED) is 0.700.